The molecule has 27 heavy (non-hydrogen) atoms. The van der Waals surface area contributed by atoms with Crippen molar-refractivity contribution in [3.05, 3.63) is 75.7 Å². The van der Waals surface area contributed by atoms with Gasteiger partial charge in [0, 0.05) is 7.05 Å². The van der Waals surface area contributed by atoms with Crippen molar-refractivity contribution in [2.75, 3.05) is 19.0 Å². The van der Waals surface area contributed by atoms with E-state index in [0.717, 1.165) is 22.3 Å². The van der Waals surface area contributed by atoms with Gasteiger partial charge in [0.05, 0.1) is 22.6 Å². The van der Waals surface area contributed by atoms with Crippen LogP contribution in [0, 0.1) is 10.1 Å². The fraction of sp³-hybridized carbons (Fsp3) is 0.211. The summed E-state index contributed by atoms with van der Waals surface area (Å²) in [6, 6.07) is 14.4. The van der Waals surface area contributed by atoms with Crippen LogP contribution in [-0.2, 0) is 0 Å². The monoisotopic (exact) mass is 365 g/mol. The molecule has 2 N–H and O–H groups in total. The number of aromatic nitrogens is 2. The summed E-state index contributed by atoms with van der Waals surface area (Å²) in [5.74, 6) is 1.62. The van der Waals surface area contributed by atoms with Gasteiger partial charge >= 0.3 is 5.70 Å². The molecule has 0 spiro atoms. The third-order valence-electron chi connectivity index (χ3n) is 4.56. The molecule has 4 rings (SSSR count). The Morgan fingerprint density at radius 1 is 1.26 bits per heavy atom. The highest BCUT2D eigenvalue weighted by atomic mass is 16.6. The maximum absolute atomic E-state index is 12.0. The predicted octanol–water partition coefficient (Wildman–Crippen LogP) is 3.12. The summed E-state index contributed by atoms with van der Waals surface area (Å²) in [6.07, 6.45) is 0. The number of allylic oxidation sites excluding steroid dienone is 1. The Balaban J connectivity index is 1.94. The van der Waals surface area contributed by atoms with Crippen molar-refractivity contribution in [1.82, 2.24) is 14.9 Å². The minimum absolute atomic E-state index is 0.0392. The molecule has 0 saturated heterocycles. The molecular formula is C19H19N5O3. The van der Waals surface area contributed by atoms with Gasteiger partial charge in [0.1, 0.15) is 5.75 Å². The highest BCUT2D eigenvalue weighted by Gasteiger charge is 2.39. The van der Waals surface area contributed by atoms with Gasteiger partial charge in [-0.15, -0.1) is 0 Å². The quantitative estimate of drug-likeness (QED) is 0.533. The molecule has 0 aliphatic carbocycles. The third-order valence-corrected chi connectivity index (χ3v) is 4.56. The molecule has 8 heteroatoms. The van der Waals surface area contributed by atoms with Gasteiger partial charge in [-0.25, -0.2) is 4.98 Å². The van der Waals surface area contributed by atoms with E-state index in [1.807, 2.05) is 60.0 Å². The van der Waals surface area contributed by atoms with Crippen LogP contribution in [0.25, 0.3) is 11.0 Å². The van der Waals surface area contributed by atoms with Gasteiger partial charge in [0.2, 0.25) is 5.95 Å². The molecule has 2 aromatic carbocycles. The Kier molecular flexibility index (Phi) is 4.15. The number of imidazole rings is 1. The zero-order valence-electron chi connectivity index (χ0n) is 15.0. The minimum Gasteiger partial charge on any atom is -0.494 e. The molecule has 1 aliphatic rings. The maximum atomic E-state index is 12.0. The second kappa shape index (κ2) is 6.64. The third kappa shape index (κ3) is 2.75. The van der Waals surface area contributed by atoms with E-state index < -0.39 is 6.04 Å². The van der Waals surface area contributed by atoms with Crippen molar-refractivity contribution in [2.24, 2.45) is 0 Å². The predicted molar refractivity (Wildman–Crippen MR) is 102 cm³/mol. The molecule has 3 aromatic rings. The number of nitro groups is 1. The number of ether oxygens (including phenoxy) is 1. The van der Waals surface area contributed by atoms with Crippen LogP contribution in [0.5, 0.6) is 5.75 Å². The maximum Gasteiger partial charge on any atom is 0.313 e. The van der Waals surface area contributed by atoms with E-state index in [0.29, 0.717) is 18.4 Å². The number of para-hydroxylation sites is 2. The standard InChI is InChI=1S/C19H19N5O3/c1-3-27-13-10-8-12(9-11-13)16-17(24(25)26)18(20-2)22-19-21-14-6-4-5-7-15(14)23(16)19/h4-11,16,20H,3H2,1-2H3,(H,21,22). The molecule has 0 bridgehead atoms. The van der Waals surface area contributed by atoms with Crippen molar-refractivity contribution >= 4 is 17.0 Å². The smallest absolute Gasteiger partial charge is 0.313 e. The average molecular weight is 365 g/mol. The molecule has 1 unspecified atom stereocenters. The summed E-state index contributed by atoms with van der Waals surface area (Å²) in [6.45, 7) is 2.48. The molecule has 1 atom stereocenters. The summed E-state index contributed by atoms with van der Waals surface area (Å²) in [5, 5.41) is 17.9. The topological polar surface area (TPSA) is 94.2 Å². The average Bonchev–Trinajstić information content (AvgIpc) is 3.05. The number of anilines is 1. The fourth-order valence-corrected chi connectivity index (χ4v) is 3.43. The van der Waals surface area contributed by atoms with Crippen molar-refractivity contribution < 1.29 is 9.66 Å². The van der Waals surface area contributed by atoms with Gasteiger partial charge in [-0.3, -0.25) is 14.7 Å². The van der Waals surface area contributed by atoms with Crippen molar-refractivity contribution in [2.45, 2.75) is 13.0 Å². The van der Waals surface area contributed by atoms with Gasteiger partial charge < -0.3 is 15.4 Å². The van der Waals surface area contributed by atoms with Crippen LogP contribution in [0.4, 0.5) is 5.95 Å². The minimum atomic E-state index is -0.623. The largest absolute Gasteiger partial charge is 0.494 e. The van der Waals surface area contributed by atoms with Crippen LogP contribution in [-0.4, -0.2) is 28.1 Å². The van der Waals surface area contributed by atoms with Crippen LogP contribution in [0.1, 0.15) is 18.5 Å². The number of nitrogens with zero attached hydrogens (tertiary/aromatic N) is 3. The van der Waals surface area contributed by atoms with Gasteiger partial charge in [-0.05, 0) is 36.8 Å². The Labute approximate surface area is 155 Å². The molecule has 0 amide bonds. The molecule has 1 aliphatic heterocycles. The molecule has 0 radical (unpaired) electrons. The Morgan fingerprint density at radius 3 is 2.67 bits per heavy atom. The molecule has 138 valence electrons. The van der Waals surface area contributed by atoms with E-state index in [4.69, 9.17) is 4.74 Å². The second-order valence-corrected chi connectivity index (χ2v) is 6.09. The van der Waals surface area contributed by atoms with E-state index in [2.05, 4.69) is 15.6 Å². The SMILES string of the molecule is CCOc1ccc(C2C([N+](=O)[O-])=C(NC)Nc3nc4ccccc4n32)cc1. The normalized spacial score (nSPS) is 16.0. The van der Waals surface area contributed by atoms with E-state index in [1.165, 1.54) is 0 Å². The number of benzene rings is 2. The molecule has 2 heterocycles. The molecule has 8 nitrogen and oxygen atoms in total. The molecule has 1 aromatic heterocycles. The van der Waals surface area contributed by atoms with Gasteiger partial charge in [0.15, 0.2) is 11.9 Å². The van der Waals surface area contributed by atoms with Crippen LogP contribution in [0.2, 0.25) is 0 Å². The van der Waals surface area contributed by atoms with Gasteiger partial charge in [-0.2, -0.15) is 0 Å². The van der Waals surface area contributed by atoms with Crippen LogP contribution >= 0.6 is 0 Å². The lowest BCUT2D eigenvalue weighted by molar-refractivity contribution is -0.432. The Morgan fingerprint density at radius 2 is 2.00 bits per heavy atom. The number of rotatable bonds is 5. The first kappa shape index (κ1) is 16.9. The Hall–Kier alpha value is -3.55. The zero-order chi connectivity index (χ0) is 19.0. The number of fused-ring (bicyclic) bond motifs is 3. The first-order chi connectivity index (χ1) is 13.1. The van der Waals surface area contributed by atoms with E-state index >= 15 is 0 Å². The molecule has 0 saturated carbocycles. The van der Waals surface area contributed by atoms with Crippen molar-refractivity contribution in [3.8, 4) is 5.75 Å². The number of hydrogen-bond donors (Lipinski definition) is 2. The highest BCUT2D eigenvalue weighted by molar-refractivity contribution is 5.80. The summed E-state index contributed by atoms with van der Waals surface area (Å²) in [5.41, 5.74) is 2.42. The van der Waals surface area contributed by atoms with Crippen molar-refractivity contribution in [1.29, 1.82) is 0 Å². The van der Waals surface area contributed by atoms with Crippen LogP contribution in [0.15, 0.2) is 60.0 Å². The highest BCUT2D eigenvalue weighted by Crippen LogP contribution is 2.38. The summed E-state index contributed by atoms with van der Waals surface area (Å²) in [7, 11) is 1.65. The van der Waals surface area contributed by atoms with E-state index in [-0.39, 0.29) is 10.6 Å². The molecule has 0 fully saturated rings. The van der Waals surface area contributed by atoms with E-state index in [9.17, 15) is 10.1 Å². The lowest BCUT2D eigenvalue weighted by Crippen LogP contribution is -2.33. The Bertz CT molecular complexity index is 1040. The van der Waals surface area contributed by atoms with Gasteiger partial charge in [-0.1, -0.05) is 24.3 Å². The lowest BCUT2D eigenvalue weighted by atomic mass is 10.0. The second-order valence-electron chi connectivity index (χ2n) is 6.09. The van der Waals surface area contributed by atoms with Crippen molar-refractivity contribution in [3.63, 3.8) is 0 Å². The first-order valence-electron chi connectivity index (χ1n) is 8.67. The zero-order valence-corrected chi connectivity index (χ0v) is 15.0. The van der Waals surface area contributed by atoms with Crippen LogP contribution in [0.3, 0.4) is 0 Å². The summed E-state index contributed by atoms with van der Waals surface area (Å²) < 4.78 is 7.36. The van der Waals surface area contributed by atoms with Crippen LogP contribution < -0.4 is 15.4 Å². The summed E-state index contributed by atoms with van der Waals surface area (Å²) in [4.78, 5) is 16.2. The molecular weight excluding hydrogens is 346 g/mol. The van der Waals surface area contributed by atoms with E-state index in [1.54, 1.807) is 7.05 Å². The number of nitrogens with one attached hydrogen (secondary N) is 2. The van der Waals surface area contributed by atoms with Gasteiger partial charge in [0.25, 0.3) is 0 Å². The fourth-order valence-electron chi connectivity index (χ4n) is 3.43. The number of hydrogen-bond acceptors (Lipinski definition) is 6. The summed E-state index contributed by atoms with van der Waals surface area (Å²) >= 11 is 0. The first-order valence-corrected chi connectivity index (χ1v) is 8.67. The lowest BCUT2D eigenvalue weighted by Gasteiger charge is -2.26.